The summed E-state index contributed by atoms with van der Waals surface area (Å²) in [6.45, 7) is 3.67. The molecule has 3 nitrogen and oxygen atoms in total. The van der Waals surface area contributed by atoms with Gasteiger partial charge in [-0.25, -0.2) is 4.98 Å². The Morgan fingerprint density at radius 1 is 1.50 bits per heavy atom. The van der Waals surface area contributed by atoms with E-state index in [1.54, 1.807) is 6.20 Å². The van der Waals surface area contributed by atoms with E-state index in [9.17, 15) is 0 Å². The van der Waals surface area contributed by atoms with E-state index in [1.807, 2.05) is 11.0 Å². The number of hydrogen-bond acceptors (Lipinski definition) is 3. The van der Waals surface area contributed by atoms with Crippen molar-refractivity contribution in [2.45, 2.75) is 19.8 Å². The maximum Gasteiger partial charge on any atom is 0.147 e. The van der Waals surface area contributed by atoms with Crippen LogP contribution in [-0.4, -0.2) is 29.8 Å². The first-order valence-corrected chi connectivity index (χ1v) is 6.53. The van der Waals surface area contributed by atoms with Gasteiger partial charge in [0.2, 0.25) is 0 Å². The highest BCUT2D eigenvalue weighted by Crippen LogP contribution is 2.26. The quantitative estimate of drug-likeness (QED) is 0.877. The third kappa shape index (κ3) is 3.92. The summed E-state index contributed by atoms with van der Waals surface area (Å²) < 4.78 is 0.862. The maximum absolute atomic E-state index is 9.02. The van der Waals surface area contributed by atoms with E-state index in [1.165, 1.54) is 0 Å². The van der Waals surface area contributed by atoms with Crippen LogP contribution in [0, 0.1) is 0 Å². The Kier molecular flexibility index (Phi) is 6.09. The molecule has 0 aromatic carbocycles. The molecule has 16 heavy (non-hydrogen) atoms. The summed E-state index contributed by atoms with van der Waals surface area (Å²) in [6, 6.07) is 1.82. The molecule has 0 saturated heterocycles. The van der Waals surface area contributed by atoms with Gasteiger partial charge in [0, 0.05) is 23.8 Å². The first-order chi connectivity index (χ1) is 7.69. The summed E-state index contributed by atoms with van der Waals surface area (Å²) in [7, 11) is 0. The zero-order chi connectivity index (χ0) is 12.0. The standard InChI is InChI=1S/C11H16BrClN2O/c1-2-3-4-15(5-6-16)11-10(13)7-9(12)8-14-11/h7-8,16H,2-6H2,1H3. The fourth-order valence-electron chi connectivity index (χ4n) is 1.43. The molecular weight excluding hydrogens is 291 g/mol. The average Bonchev–Trinajstić information content (AvgIpc) is 2.25. The smallest absolute Gasteiger partial charge is 0.147 e. The molecular formula is C11H16BrClN2O. The van der Waals surface area contributed by atoms with E-state index in [0.29, 0.717) is 11.6 Å². The molecule has 1 rings (SSSR count). The monoisotopic (exact) mass is 306 g/mol. The number of anilines is 1. The van der Waals surface area contributed by atoms with Crippen LogP contribution in [0.1, 0.15) is 19.8 Å². The van der Waals surface area contributed by atoms with Gasteiger partial charge in [0.05, 0.1) is 11.6 Å². The molecule has 0 aliphatic carbocycles. The number of aromatic nitrogens is 1. The van der Waals surface area contributed by atoms with Crippen molar-refractivity contribution in [2.75, 3.05) is 24.6 Å². The number of aliphatic hydroxyl groups excluding tert-OH is 1. The molecule has 0 bridgehead atoms. The van der Waals surface area contributed by atoms with Crippen molar-refractivity contribution in [3.63, 3.8) is 0 Å². The molecule has 5 heteroatoms. The maximum atomic E-state index is 9.02. The highest BCUT2D eigenvalue weighted by molar-refractivity contribution is 9.10. The van der Waals surface area contributed by atoms with E-state index in [-0.39, 0.29) is 6.61 Å². The number of hydrogen-bond donors (Lipinski definition) is 1. The average molecular weight is 308 g/mol. The third-order valence-corrected chi connectivity index (χ3v) is 2.95. The van der Waals surface area contributed by atoms with Crippen LogP contribution in [0.15, 0.2) is 16.7 Å². The second kappa shape index (κ2) is 7.09. The molecule has 0 aliphatic heterocycles. The Morgan fingerprint density at radius 2 is 2.25 bits per heavy atom. The summed E-state index contributed by atoms with van der Waals surface area (Å²) in [5.41, 5.74) is 0. The minimum atomic E-state index is 0.109. The van der Waals surface area contributed by atoms with Gasteiger partial charge in [-0.1, -0.05) is 24.9 Å². The number of rotatable bonds is 6. The Morgan fingerprint density at radius 3 is 2.81 bits per heavy atom. The molecule has 0 amide bonds. The van der Waals surface area contributed by atoms with Gasteiger partial charge in [-0.15, -0.1) is 0 Å². The first kappa shape index (κ1) is 13.7. The van der Waals surface area contributed by atoms with Gasteiger partial charge in [0.1, 0.15) is 5.82 Å². The topological polar surface area (TPSA) is 36.4 Å². The third-order valence-electron chi connectivity index (χ3n) is 2.24. The van der Waals surface area contributed by atoms with Crippen LogP contribution < -0.4 is 4.90 Å². The van der Waals surface area contributed by atoms with Crippen LogP contribution >= 0.6 is 27.5 Å². The Hall–Kier alpha value is -0.320. The predicted molar refractivity (Wildman–Crippen MR) is 71.2 cm³/mol. The molecule has 1 aromatic rings. The first-order valence-electron chi connectivity index (χ1n) is 5.36. The van der Waals surface area contributed by atoms with Crippen molar-refractivity contribution in [3.05, 3.63) is 21.8 Å². The fourth-order valence-corrected chi connectivity index (χ4v) is 2.18. The molecule has 0 unspecified atom stereocenters. The molecule has 0 saturated carbocycles. The number of halogens is 2. The number of pyridine rings is 1. The zero-order valence-corrected chi connectivity index (χ0v) is 11.6. The van der Waals surface area contributed by atoms with Gasteiger partial charge >= 0.3 is 0 Å². The van der Waals surface area contributed by atoms with E-state index in [4.69, 9.17) is 16.7 Å². The van der Waals surface area contributed by atoms with E-state index in [0.717, 1.165) is 29.7 Å². The molecule has 0 atom stereocenters. The van der Waals surface area contributed by atoms with Gasteiger partial charge in [0.25, 0.3) is 0 Å². The predicted octanol–water partition coefficient (Wildman–Crippen LogP) is 3.10. The fraction of sp³-hybridized carbons (Fsp3) is 0.545. The second-order valence-corrected chi connectivity index (χ2v) is 4.85. The van der Waals surface area contributed by atoms with E-state index in [2.05, 4.69) is 27.8 Å². The van der Waals surface area contributed by atoms with Crippen LogP contribution in [0.25, 0.3) is 0 Å². The molecule has 0 fully saturated rings. The number of nitrogens with zero attached hydrogens (tertiary/aromatic N) is 2. The van der Waals surface area contributed by atoms with Gasteiger partial charge in [-0.3, -0.25) is 0 Å². The lowest BCUT2D eigenvalue weighted by Gasteiger charge is -2.23. The SMILES string of the molecule is CCCCN(CCO)c1ncc(Br)cc1Cl. The van der Waals surface area contributed by atoms with Crippen molar-refractivity contribution in [3.8, 4) is 0 Å². The molecule has 90 valence electrons. The van der Waals surface area contributed by atoms with Crippen LogP contribution in [0.5, 0.6) is 0 Å². The molecule has 1 N–H and O–H groups in total. The highest BCUT2D eigenvalue weighted by Gasteiger charge is 2.11. The zero-order valence-electron chi connectivity index (χ0n) is 9.29. The van der Waals surface area contributed by atoms with Crippen LogP contribution in [-0.2, 0) is 0 Å². The molecule has 0 aliphatic rings. The summed E-state index contributed by atoms with van der Waals surface area (Å²) in [5, 5.41) is 9.63. The summed E-state index contributed by atoms with van der Waals surface area (Å²) in [6.07, 6.45) is 3.89. The van der Waals surface area contributed by atoms with E-state index < -0.39 is 0 Å². The van der Waals surface area contributed by atoms with Gasteiger partial charge in [-0.05, 0) is 28.4 Å². The number of aliphatic hydroxyl groups is 1. The van der Waals surface area contributed by atoms with Gasteiger partial charge in [-0.2, -0.15) is 0 Å². The summed E-state index contributed by atoms with van der Waals surface area (Å²) in [4.78, 5) is 6.30. The van der Waals surface area contributed by atoms with E-state index >= 15 is 0 Å². The molecule has 0 spiro atoms. The second-order valence-electron chi connectivity index (χ2n) is 3.52. The molecule has 0 radical (unpaired) electrons. The molecule has 1 heterocycles. The lowest BCUT2D eigenvalue weighted by atomic mass is 10.3. The highest BCUT2D eigenvalue weighted by atomic mass is 79.9. The van der Waals surface area contributed by atoms with Crippen LogP contribution in [0.3, 0.4) is 0 Å². The summed E-state index contributed by atoms with van der Waals surface area (Å²) in [5.74, 6) is 0.743. The summed E-state index contributed by atoms with van der Waals surface area (Å²) >= 11 is 9.45. The lowest BCUT2D eigenvalue weighted by Crippen LogP contribution is -2.28. The van der Waals surface area contributed by atoms with Crippen LogP contribution in [0.4, 0.5) is 5.82 Å². The van der Waals surface area contributed by atoms with Gasteiger partial charge < -0.3 is 10.0 Å². The minimum Gasteiger partial charge on any atom is -0.395 e. The Labute approximate surface area is 110 Å². The van der Waals surface area contributed by atoms with Crippen molar-refractivity contribution in [1.82, 2.24) is 4.98 Å². The Balaban J connectivity index is 2.82. The van der Waals surface area contributed by atoms with Crippen molar-refractivity contribution in [2.24, 2.45) is 0 Å². The lowest BCUT2D eigenvalue weighted by molar-refractivity contribution is 0.301. The normalized spacial score (nSPS) is 10.5. The van der Waals surface area contributed by atoms with Gasteiger partial charge in [0.15, 0.2) is 0 Å². The van der Waals surface area contributed by atoms with Crippen molar-refractivity contribution >= 4 is 33.3 Å². The number of unbranched alkanes of at least 4 members (excludes halogenated alkanes) is 1. The largest absolute Gasteiger partial charge is 0.395 e. The molecule has 1 aromatic heterocycles. The Bertz CT molecular complexity index is 336. The minimum absolute atomic E-state index is 0.109. The van der Waals surface area contributed by atoms with Crippen LogP contribution in [0.2, 0.25) is 5.02 Å². The van der Waals surface area contributed by atoms with Crippen molar-refractivity contribution in [1.29, 1.82) is 0 Å². The van der Waals surface area contributed by atoms with Crippen molar-refractivity contribution < 1.29 is 5.11 Å².